The van der Waals surface area contributed by atoms with Gasteiger partial charge in [0.25, 0.3) is 5.92 Å². The molecule has 0 spiro atoms. The fraction of sp³-hybridized carbons (Fsp3) is 0.481. The molecule has 2 fully saturated rings. The van der Waals surface area contributed by atoms with Crippen molar-refractivity contribution in [1.82, 2.24) is 9.88 Å². The van der Waals surface area contributed by atoms with Crippen molar-refractivity contribution in [2.24, 2.45) is 0 Å². The predicted octanol–water partition coefficient (Wildman–Crippen LogP) is 6.17. The number of halogens is 2. The van der Waals surface area contributed by atoms with Crippen molar-refractivity contribution in [2.45, 2.75) is 45.6 Å². The van der Waals surface area contributed by atoms with Gasteiger partial charge in [0.05, 0.1) is 28.1 Å². The lowest BCUT2D eigenvalue weighted by molar-refractivity contribution is 0.0237. The monoisotopic (exact) mass is 514 g/mol. The van der Waals surface area contributed by atoms with Crippen LogP contribution in [-0.2, 0) is 4.74 Å². The third-order valence-electron chi connectivity index (χ3n) is 6.55. The minimum atomic E-state index is -2.66. The smallest absolute Gasteiger partial charge is 0.410 e. The molecule has 4 heterocycles. The van der Waals surface area contributed by atoms with Crippen molar-refractivity contribution in [3.63, 3.8) is 0 Å². The molecule has 0 saturated carbocycles. The first kappa shape index (κ1) is 24.7. The number of amides is 1. The number of carbonyl (C=O) groups excluding carboxylic acids is 1. The van der Waals surface area contributed by atoms with Crippen molar-refractivity contribution >= 4 is 39.0 Å². The van der Waals surface area contributed by atoms with Crippen LogP contribution in [0.15, 0.2) is 36.4 Å². The largest absolute Gasteiger partial charge is 0.444 e. The Hall–Kier alpha value is -2.94. The maximum atomic E-state index is 14.0. The molecule has 0 radical (unpaired) electrons. The van der Waals surface area contributed by atoms with E-state index in [0.717, 1.165) is 50.8 Å². The zero-order chi connectivity index (χ0) is 25.7. The summed E-state index contributed by atoms with van der Waals surface area (Å²) >= 11 is 1.60. The van der Waals surface area contributed by atoms with Crippen LogP contribution >= 0.6 is 11.3 Å². The number of anilines is 2. The number of hydrogen-bond donors (Lipinski definition) is 0. The predicted molar refractivity (Wildman–Crippen MR) is 142 cm³/mol. The number of thiophene rings is 1. The van der Waals surface area contributed by atoms with Crippen molar-refractivity contribution in [1.29, 1.82) is 0 Å². The Balaban J connectivity index is 1.33. The van der Waals surface area contributed by atoms with E-state index in [1.807, 2.05) is 52.0 Å². The average molecular weight is 515 g/mol. The Labute approximate surface area is 214 Å². The molecule has 36 heavy (non-hydrogen) atoms. The SMILES string of the molecule is Cc1cc2nc(-c3ccc(N4CCN(C(=O)OC(C)(C)C)CC4)cc3)cc(N3CCC(F)(F)C3)c2s1. The van der Waals surface area contributed by atoms with Crippen LogP contribution in [0.5, 0.6) is 0 Å². The van der Waals surface area contributed by atoms with E-state index >= 15 is 0 Å². The number of nitrogens with zero attached hydrogens (tertiary/aromatic N) is 4. The maximum Gasteiger partial charge on any atom is 0.410 e. The summed E-state index contributed by atoms with van der Waals surface area (Å²) in [5, 5.41) is 0. The fourth-order valence-electron chi connectivity index (χ4n) is 4.77. The van der Waals surface area contributed by atoms with E-state index in [2.05, 4.69) is 17.0 Å². The number of ether oxygens (including phenoxy) is 1. The summed E-state index contributed by atoms with van der Waals surface area (Å²) in [6, 6.07) is 12.2. The Bertz CT molecular complexity index is 1260. The molecule has 2 saturated heterocycles. The number of pyridine rings is 1. The molecular weight excluding hydrogens is 482 g/mol. The number of rotatable bonds is 3. The van der Waals surface area contributed by atoms with E-state index in [1.54, 1.807) is 21.1 Å². The molecule has 3 aromatic rings. The van der Waals surface area contributed by atoms with Crippen LogP contribution in [0.3, 0.4) is 0 Å². The summed E-state index contributed by atoms with van der Waals surface area (Å²) in [5.74, 6) is -2.66. The van der Waals surface area contributed by atoms with Gasteiger partial charge in [-0.05, 0) is 52.0 Å². The molecule has 0 bridgehead atoms. The number of aryl methyl sites for hydroxylation is 1. The molecule has 0 N–H and O–H groups in total. The van der Waals surface area contributed by atoms with E-state index < -0.39 is 11.5 Å². The highest BCUT2D eigenvalue weighted by atomic mass is 32.1. The number of piperazine rings is 1. The van der Waals surface area contributed by atoms with Gasteiger partial charge in [0.2, 0.25) is 0 Å². The standard InChI is InChI=1S/C27H32F2N4O2S/c1-18-15-22-24(36-18)23(33-10-9-27(28,29)17-33)16-21(30-22)19-5-7-20(8-6-19)31-11-13-32(14-12-31)25(34)35-26(2,3)4/h5-8,15-16H,9-14,17H2,1-4H3. The van der Waals surface area contributed by atoms with Crippen LogP contribution in [0, 0.1) is 6.92 Å². The summed E-state index contributed by atoms with van der Waals surface area (Å²) in [6.07, 6.45) is -0.388. The minimum Gasteiger partial charge on any atom is -0.444 e. The van der Waals surface area contributed by atoms with E-state index in [-0.39, 0.29) is 19.1 Å². The first-order valence-corrected chi connectivity index (χ1v) is 13.2. The molecule has 0 aliphatic carbocycles. The fourth-order valence-corrected chi connectivity index (χ4v) is 5.76. The normalized spacial score (nSPS) is 18.2. The first-order chi connectivity index (χ1) is 17.0. The zero-order valence-electron chi connectivity index (χ0n) is 21.2. The minimum absolute atomic E-state index is 0.119. The quantitative estimate of drug-likeness (QED) is 0.418. The highest BCUT2D eigenvalue weighted by molar-refractivity contribution is 7.19. The van der Waals surface area contributed by atoms with Crippen molar-refractivity contribution in [2.75, 3.05) is 49.1 Å². The van der Waals surface area contributed by atoms with E-state index in [4.69, 9.17) is 9.72 Å². The molecule has 192 valence electrons. The summed E-state index contributed by atoms with van der Waals surface area (Å²) in [6.45, 7) is 10.4. The second-order valence-electron chi connectivity index (χ2n) is 10.6. The topological polar surface area (TPSA) is 48.9 Å². The molecule has 2 aliphatic rings. The zero-order valence-corrected chi connectivity index (χ0v) is 22.0. The summed E-state index contributed by atoms with van der Waals surface area (Å²) in [7, 11) is 0. The highest BCUT2D eigenvalue weighted by Crippen LogP contribution is 2.40. The summed E-state index contributed by atoms with van der Waals surface area (Å²) in [4.78, 5) is 24.1. The average Bonchev–Trinajstić information content (AvgIpc) is 3.38. The van der Waals surface area contributed by atoms with Crippen LogP contribution in [0.2, 0.25) is 0 Å². The van der Waals surface area contributed by atoms with Gasteiger partial charge >= 0.3 is 6.09 Å². The molecular formula is C27H32F2N4O2S. The van der Waals surface area contributed by atoms with Crippen LogP contribution < -0.4 is 9.80 Å². The summed E-state index contributed by atoms with van der Waals surface area (Å²) in [5.41, 5.74) is 4.00. The van der Waals surface area contributed by atoms with Crippen molar-refractivity contribution in [3.05, 3.63) is 41.3 Å². The molecule has 5 rings (SSSR count). The number of aromatic nitrogens is 1. The van der Waals surface area contributed by atoms with Gasteiger partial charge in [-0.15, -0.1) is 11.3 Å². The molecule has 1 amide bonds. The Kier molecular flexibility index (Phi) is 6.31. The molecule has 6 nitrogen and oxygen atoms in total. The molecule has 2 aliphatic heterocycles. The van der Waals surface area contributed by atoms with E-state index in [9.17, 15) is 13.6 Å². The lowest BCUT2D eigenvalue weighted by atomic mass is 10.1. The highest BCUT2D eigenvalue weighted by Gasteiger charge is 2.39. The Morgan fingerprint density at radius 1 is 1.03 bits per heavy atom. The van der Waals surface area contributed by atoms with Gasteiger partial charge in [0.15, 0.2) is 0 Å². The Morgan fingerprint density at radius 3 is 2.33 bits per heavy atom. The summed E-state index contributed by atoms with van der Waals surface area (Å²) < 4.78 is 34.4. The van der Waals surface area contributed by atoms with Crippen LogP contribution in [0.4, 0.5) is 25.0 Å². The third-order valence-corrected chi connectivity index (χ3v) is 7.61. The van der Waals surface area contributed by atoms with Crippen LogP contribution in [0.25, 0.3) is 21.5 Å². The van der Waals surface area contributed by atoms with E-state index in [0.29, 0.717) is 19.6 Å². The van der Waals surface area contributed by atoms with Gasteiger partial charge in [-0.2, -0.15) is 0 Å². The van der Waals surface area contributed by atoms with Crippen LogP contribution in [0.1, 0.15) is 32.1 Å². The molecule has 0 unspecified atom stereocenters. The molecule has 0 atom stereocenters. The molecule has 9 heteroatoms. The van der Waals surface area contributed by atoms with Gasteiger partial charge in [0, 0.05) is 55.3 Å². The second-order valence-corrected chi connectivity index (χ2v) is 11.9. The van der Waals surface area contributed by atoms with Gasteiger partial charge < -0.3 is 19.4 Å². The third kappa shape index (κ3) is 5.26. The van der Waals surface area contributed by atoms with Crippen molar-refractivity contribution < 1.29 is 18.3 Å². The van der Waals surface area contributed by atoms with Gasteiger partial charge in [0.1, 0.15) is 5.60 Å². The first-order valence-electron chi connectivity index (χ1n) is 12.3. The number of hydrogen-bond acceptors (Lipinski definition) is 6. The molecule has 1 aromatic carbocycles. The van der Waals surface area contributed by atoms with Gasteiger partial charge in [-0.3, -0.25) is 0 Å². The van der Waals surface area contributed by atoms with Crippen LogP contribution in [-0.4, -0.2) is 66.8 Å². The van der Waals surface area contributed by atoms with Gasteiger partial charge in [-0.1, -0.05) is 12.1 Å². The number of benzene rings is 1. The van der Waals surface area contributed by atoms with E-state index in [1.165, 1.54) is 0 Å². The second kappa shape index (κ2) is 9.18. The lowest BCUT2D eigenvalue weighted by Crippen LogP contribution is -2.50. The Morgan fingerprint density at radius 2 is 1.72 bits per heavy atom. The maximum absolute atomic E-state index is 14.0. The van der Waals surface area contributed by atoms with Crippen molar-refractivity contribution in [3.8, 4) is 11.3 Å². The number of fused-ring (bicyclic) bond motifs is 1. The molecule has 2 aromatic heterocycles. The van der Waals surface area contributed by atoms with Gasteiger partial charge in [-0.25, -0.2) is 18.6 Å². The number of carbonyl (C=O) groups is 1. The number of alkyl halides is 2. The lowest BCUT2D eigenvalue weighted by Gasteiger charge is -2.36.